The van der Waals surface area contributed by atoms with E-state index in [1.54, 1.807) is 0 Å². The van der Waals surface area contributed by atoms with Crippen molar-refractivity contribution in [3.8, 4) is 0 Å². The molecule has 2 nitrogen and oxygen atoms in total. The highest BCUT2D eigenvalue weighted by atomic mass is 19.1. The number of hydrogen-bond acceptors (Lipinski definition) is 2. The van der Waals surface area contributed by atoms with Crippen molar-refractivity contribution in [2.75, 3.05) is 0 Å². The topological polar surface area (TPSA) is 34.1 Å². The average Bonchev–Trinajstić information content (AvgIpc) is 2.04. The van der Waals surface area contributed by atoms with Gasteiger partial charge in [0.05, 0.1) is 6.42 Å². The van der Waals surface area contributed by atoms with Crippen molar-refractivity contribution in [3.05, 3.63) is 0 Å². The number of rotatable bonds is 3. The van der Waals surface area contributed by atoms with E-state index < -0.39 is 11.5 Å². The van der Waals surface area contributed by atoms with Gasteiger partial charge in [-0.25, -0.2) is 4.39 Å². The zero-order chi connectivity index (χ0) is 9.90. The molecule has 0 aromatic rings. The van der Waals surface area contributed by atoms with Crippen LogP contribution < -0.4 is 0 Å². The number of Topliss-reactive ketones (excluding diaryl/α,β-unsaturated/α-hetero) is 2. The van der Waals surface area contributed by atoms with Gasteiger partial charge in [0.2, 0.25) is 0 Å². The van der Waals surface area contributed by atoms with Crippen LogP contribution in [-0.4, -0.2) is 17.2 Å². The van der Waals surface area contributed by atoms with Gasteiger partial charge in [0.1, 0.15) is 5.78 Å². The van der Waals surface area contributed by atoms with Gasteiger partial charge in [-0.2, -0.15) is 0 Å². The first-order valence-corrected chi connectivity index (χ1v) is 4.76. The van der Waals surface area contributed by atoms with Crippen LogP contribution in [0.1, 0.15) is 45.4 Å². The molecule has 1 fully saturated rings. The summed E-state index contributed by atoms with van der Waals surface area (Å²) >= 11 is 0. The van der Waals surface area contributed by atoms with Gasteiger partial charge in [-0.3, -0.25) is 9.59 Å². The van der Waals surface area contributed by atoms with E-state index in [1.165, 1.54) is 6.92 Å². The minimum atomic E-state index is -1.69. The Kier molecular flexibility index (Phi) is 3.17. The van der Waals surface area contributed by atoms with E-state index in [1.807, 2.05) is 0 Å². The molecule has 1 saturated carbocycles. The molecule has 0 saturated heterocycles. The molecule has 0 aliphatic heterocycles. The van der Waals surface area contributed by atoms with Crippen molar-refractivity contribution in [1.29, 1.82) is 0 Å². The minimum Gasteiger partial charge on any atom is -0.300 e. The van der Waals surface area contributed by atoms with Crippen LogP contribution in [0.25, 0.3) is 0 Å². The quantitative estimate of drug-likeness (QED) is 0.633. The molecule has 0 amide bonds. The minimum absolute atomic E-state index is 0.240. The molecular formula is C10H15FO2. The fourth-order valence-electron chi connectivity index (χ4n) is 1.78. The van der Waals surface area contributed by atoms with Crippen molar-refractivity contribution < 1.29 is 14.0 Å². The molecule has 0 bridgehead atoms. The van der Waals surface area contributed by atoms with Crippen LogP contribution in [-0.2, 0) is 9.59 Å². The third kappa shape index (κ3) is 2.61. The summed E-state index contributed by atoms with van der Waals surface area (Å²) in [6.45, 7) is 1.32. The van der Waals surface area contributed by atoms with E-state index in [2.05, 4.69) is 0 Å². The molecule has 13 heavy (non-hydrogen) atoms. The van der Waals surface area contributed by atoms with E-state index in [9.17, 15) is 14.0 Å². The Hall–Kier alpha value is -0.730. The molecule has 0 N–H and O–H groups in total. The Balaban J connectivity index is 2.56. The average molecular weight is 186 g/mol. The predicted molar refractivity (Wildman–Crippen MR) is 47.2 cm³/mol. The summed E-state index contributed by atoms with van der Waals surface area (Å²) in [5.41, 5.74) is -1.69. The van der Waals surface area contributed by atoms with Crippen molar-refractivity contribution in [1.82, 2.24) is 0 Å². The first-order chi connectivity index (χ1) is 6.04. The van der Waals surface area contributed by atoms with E-state index in [4.69, 9.17) is 0 Å². The van der Waals surface area contributed by atoms with Crippen LogP contribution in [0.4, 0.5) is 4.39 Å². The van der Waals surface area contributed by atoms with E-state index in [0.29, 0.717) is 12.8 Å². The summed E-state index contributed by atoms with van der Waals surface area (Å²) in [5.74, 6) is -0.757. The summed E-state index contributed by atoms with van der Waals surface area (Å²) in [6, 6.07) is 0. The van der Waals surface area contributed by atoms with Crippen molar-refractivity contribution in [3.63, 3.8) is 0 Å². The highest BCUT2D eigenvalue weighted by Crippen LogP contribution is 2.33. The molecule has 1 rings (SSSR count). The number of hydrogen-bond donors (Lipinski definition) is 0. The van der Waals surface area contributed by atoms with Crippen LogP contribution in [0, 0.1) is 0 Å². The zero-order valence-corrected chi connectivity index (χ0v) is 7.94. The molecule has 0 atom stereocenters. The molecule has 0 radical (unpaired) electrons. The Labute approximate surface area is 77.5 Å². The molecule has 1 aliphatic rings. The van der Waals surface area contributed by atoms with E-state index >= 15 is 0 Å². The fourth-order valence-corrected chi connectivity index (χ4v) is 1.78. The summed E-state index contributed by atoms with van der Waals surface area (Å²) in [7, 11) is 0. The van der Waals surface area contributed by atoms with Crippen LogP contribution >= 0.6 is 0 Å². The van der Waals surface area contributed by atoms with Crippen LogP contribution in [0.2, 0.25) is 0 Å². The summed E-state index contributed by atoms with van der Waals surface area (Å²) in [6.07, 6.45) is 2.90. The van der Waals surface area contributed by atoms with Gasteiger partial charge in [-0.1, -0.05) is 6.42 Å². The highest BCUT2D eigenvalue weighted by Gasteiger charge is 2.39. The van der Waals surface area contributed by atoms with E-state index in [-0.39, 0.29) is 12.2 Å². The molecular weight excluding hydrogens is 171 g/mol. The molecule has 0 aromatic carbocycles. The lowest BCUT2D eigenvalue weighted by Gasteiger charge is -2.27. The van der Waals surface area contributed by atoms with Crippen LogP contribution in [0.5, 0.6) is 0 Å². The largest absolute Gasteiger partial charge is 0.300 e. The van der Waals surface area contributed by atoms with Crippen LogP contribution in [0.15, 0.2) is 0 Å². The summed E-state index contributed by atoms with van der Waals surface area (Å²) in [5, 5.41) is 0. The molecule has 0 heterocycles. The first-order valence-electron chi connectivity index (χ1n) is 4.76. The molecule has 74 valence electrons. The van der Waals surface area contributed by atoms with Crippen molar-refractivity contribution >= 4 is 11.6 Å². The molecule has 0 unspecified atom stereocenters. The maximum Gasteiger partial charge on any atom is 0.177 e. The number of ketones is 2. The van der Waals surface area contributed by atoms with Gasteiger partial charge < -0.3 is 0 Å². The first kappa shape index (κ1) is 10.4. The SMILES string of the molecule is CC(=O)CC(=O)C1(F)CCCCC1. The van der Waals surface area contributed by atoms with Gasteiger partial charge in [0, 0.05) is 0 Å². The smallest absolute Gasteiger partial charge is 0.177 e. The highest BCUT2D eigenvalue weighted by molar-refractivity contribution is 6.02. The Morgan fingerprint density at radius 1 is 1.23 bits per heavy atom. The predicted octanol–water partition coefficient (Wildman–Crippen LogP) is 2.21. The second-order valence-electron chi connectivity index (χ2n) is 3.83. The second-order valence-corrected chi connectivity index (χ2v) is 3.83. The van der Waals surface area contributed by atoms with Gasteiger partial charge in [0.25, 0.3) is 0 Å². The third-order valence-corrected chi connectivity index (χ3v) is 2.56. The van der Waals surface area contributed by atoms with Crippen molar-refractivity contribution in [2.24, 2.45) is 0 Å². The molecule has 1 aliphatic carbocycles. The summed E-state index contributed by atoms with van der Waals surface area (Å²) < 4.78 is 13.8. The van der Waals surface area contributed by atoms with Crippen molar-refractivity contribution in [2.45, 2.75) is 51.1 Å². The molecule has 3 heteroatoms. The van der Waals surface area contributed by atoms with Gasteiger partial charge in [-0.05, 0) is 32.6 Å². The Morgan fingerprint density at radius 3 is 2.23 bits per heavy atom. The third-order valence-electron chi connectivity index (χ3n) is 2.56. The second kappa shape index (κ2) is 3.99. The fraction of sp³-hybridized carbons (Fsp3) is 0.800. The number of carbonyl (C=O) groups excluding carboxylic acids is 2. The molecule has 0 aromatic heterocycles. The van der Waals surface area contributed by atoms with Crippen LogP contribution in [0.3, 0.4) is 0 Å². The monoisotopic (exact) mass is 186 g/mol. The molecule has 0 spiro atoms. The lowest BCUT2D eigenvalue weighted by Crippen LogP contribution is -2.36. The normalized spacial score (nSPS) is 21.1. The summed E-state index contributed by atoms with van der Waals surface area (Å²) in [4.78, 5) is 22.0. The van der Waals surface area contributed by atoms with Gasteiger partial charge in [-0.15, -0.1) is 0 Å². The lowest BCUT2D eigenvalue weighted by molar-refractivity contribution is -0.136. The van der Waals surface area contributed by atoms with Gasteiger partial charge in [0.15, 0.2) is 11.5 Å². The number of halogens is 1. The Morgan fingerprint density at radius 2 is 1.77 bits per heavy atom. The number of alkyl halides is 1. The maximum atomic E-state index is 13.8. The number of carbonyl (C=O) groups is 2. The standard InChI is InChI=1S/C10H15FO2/c1-8(12)7-9(13)10(11)5-3-2-4-6-10/h2-7H2,1H3. The van der Waals surface area contributed by atoms with Gasteiger partial charge >= 0.3 is 0 Å². The zero-order valence-electron chi connectivity index (χ0n) is 7.94. The Bertz CT molecular complexity index is 217. The maximum absolute atomic E-state index is 13.8. The van der Waals surface area contributed by atoms with E-state index in [0.717, 1.165) is 19.3 Å². The lowest BCUT2D eigenvalue weighted by atomic mass is 9.82.